The van der Waals surface area contributed by atoms with E-state index in [2.05, 4.69) is 10.1 Å². The lowest BCUT2D eigenvalue weighted by atomic mass is 9.89. The fourth-order valence-electron chi connectivity index (χ4n) is 4.82. The minimum Gasteiger partial charge on any atom is -0.437 e. The molecule has 1 amide bonds. The van der Waals surface area contributed by atoms with E-state index < -0.39 is 17.9 Å². The summed E-state index contributed by atoms with van der Waals surface area (Å²) in [6.45, 7) is 8.12. The molecule has 0 aromatic heterocycles. The highest BCUT2D eigenvalue weighted by Crippen LogP contribution is 2.44. The first-order valence-electron chi connectivity index (χ1n) is 12.3. The van der Waals surface area contributed by atoms with E-state index in [1.54, 1.807) is 19.1 Å². The van der Waals surface area contributed by atoms with Gasteiger partial charge >= 0.3 is 7.05 Å². The van der Waals surface area contributed by atoms with Crippen molar-refractivity contribution in [2.24, 2.45) is 0 Å². The molecule has 9 heteroatoms. The molecule has 1 atom stereocenters. The number of halogens is 1. The van der Waals surface area contributed by atoms with Crippen molar-refractivity contribution in [1.82, 2.24) is 15.0 Å². The third-order valence-corrected chi connectivity index (χ3v) is 7.83. The topological polar surface area (TPSA) is 72.9 Å². The number of rotatable bonds is 8. The Morgan fingerprint density at radius 2 is 1.83 bits per heavy atom. The lowest BCUT2D eigenvalue weighted by Crippen LogP contribution is -2.50. The van der Waals surface area contributed by atoms with Crippen molar-refractivity contribution < 1.29 is 18.4 Å². The molecule has 190 valence electrons. The van der Waals surface area contributed by atoms with E-state index >= 15 is 0 Å². The standard InChI is InChI=1S/C27H33BFN3O3S/c1-19-24(16-20-4-7-22(8-5-20)36(3)35)23-9-6-21(29)17-26(23)25(19)18-27(33)32-14-12-31(13-15-32)11-10-30-28(2)34/h4-9,16-17,30,34H,10-15,18H2,1-3H3/b24-16-. The van der Waals surface area contributed by atoms with Crippen LogP contribution in [-0.2, 0) is 15.6 Å². The SMILES string of the molecule is CB(O)NCCN1CCN(C(=O)CC2=C(C)/C(=C/c3ccc(S(C)=O)cc3)c3ccc(F)cc32)CC1. The highest BCUT2D eigenvalue weighted by Gasteiger charge is 2.28. The second kappa shape index (κ2) is 11.6. The van der Waals surface area contributed by atoms with E-state index in [1.165, 1.54) is 12.1 Å². The molecule has 1 fully saturated rings. The van der Waals surface area contributed by atoms with Crippen molar-refractivity contribution in [3.8, 4) is 0 Å². The van der Waals surface area contributed by atoms with Gasteiger partial charge in [0.25, 0.3) is 0 Å². The maximum atomic E-state index is 14.2. The Morgan fingerprint density at radius 3 is 2.47 bits per heavy atom. The summed E-state index contributed by atoms with van der Waals surface area (Å²) in [7, 11) is -1.56. The fraction of sp³-hybridized carbons (Fsp3) is 0.370. The molecule has 2 aliphatic rings. The molecule has 2 aromatic rings. The summed E-state index contributed by atoms with van der Waals surface area (Å²) in [5.41, 5.74) is 5.50. The number of piperazine rings is 1. The van der Waals surface area contributed by atoms with Crippen molar-refractivity contribution >= 4 is 41.0 Å². The van der Waals surface area contributed by atoms with Crippen LogP contribution in [0.3, 0.4) is 0 Å². The molecule has 0 bridgehead atoms. The Hall–Kier alpha value is -2.59. The quantitative estimate of drug-likeness (QED) is 0.536. The fourth-order valence-corrected chi connectivity index (χ4v) is 5.34. The van der Waals surface area contributed by atoms with Gasteiger partial charge in [-0.2, -0.15) is 0 Å². The van der Waals surface area contributed by atoms with Gasteiger partial charge < -0.3 is 15.2 Å². The predicted octanol–water partition coefficient (Wildman–Crippen LogP) is 3.13. The first-order valence-corrected chi connectivity index (χ1v) is 13.9. The molecule has 0 saturated carbocycles. The number of amides is 1. The van der Waals surface area contributed by atoms with Crippen LogP contribution in [0.25, 0.3) is 17.2 Å². The van der Waals surface area contributed by atoms with E-state index in [0.29, 0.717) is 19.6 Å². The lowest BCUT2D eigenvalue weighted by molar-refractivity contribution is -0.131. The minimum atomic E-state index is -1.04. The van der Waals surface area contributed by atoms with Crippen molar-refractivity contribution in [1.29, 1.82) is 0 Å². The number of hydrogen-bond acceptors (Lipinski definition) is 5. The molecular formula is C27H33BFN3O3S. The van der Waals surface area contributed by atoms with Gasteiger partial charge in [-0.15, -0.1) is 0 Å². The summed E-state index contributed by atoms with van der Waals surface area (Å²) in [6.07, 6.45) is 3.93. The molecule has 1 unspecified atom stereocenters. The summed E-state index contributed by atoms with van der Waals surface area (Å²) in [5, 5.41) is 12.3. The van der Waals surface area contributed by atoms with Gasteiger partial charge in [0.2, 0.25) is 5.91 Å². The van der Waals surface area contributed by atoms with E-state index in [9.17, 15) is 18.4 Å². The normalized spacial score (nSPS) is 18.0. The Morgan fingerprint density at radius 1 is 1.14 bits per heavy atom. The van der Waals surface area contributed by atoms with Gasteiger partial charge in [0.15, 0.2) is 0 Å². The first kappa shape index (κ1) is 26.5. The summed E-state index contributed by atoms with van der Waals surface area (Å²) in [4.78, 5) is 18.2. The molecule has 1 heterocycles. The van der Waals surface area contributed by atoms with E-state index in [1.807, 2.05) is 42.2 Å². The first-order chi connectivity index (χ1) is 17.2. The average molecular weight is 509 g/mol. The zero-order valence-electron chi connectivity index (χ0n) is 21.1. The van der Waals surface area contributed by atoms with Gasteiger partial charge in [-0.05, 0) is 84.0 Å². The zero-order chi connectivity index (χ0) is 25.8. The Bertz CT molecular complexity index is 1210. The molecule has 1 saturated heterocycles. The second-order valence-corrected chi connectivity index (χ2v) is 10.8. The Balaban J connectivity index is 1.50. The number of benzene rings is 2. The van der Waals surface area contributed by atoms with Crippen LogP contribution in [0.5, 0.6) is 0 Å². The lowest BCUT2D eigenvalue weighted by Gasteiger charge is -2.35. The van der Waals surface area contributed by atoms with Gasteiger partial charge in [0.1, 0.15) is 5.82 Å². The van der Waals surface area contributed by atoms with Crippen molar-refractivity contribution in [3.05, 3.63) is 70.5 Å². The van der Waals surface area contributed by atoms with Crippen LogP contribution in [-0.4, -0.2) is 77.5 Å². The number of carbonyl (C=O) groups is 1. The monoisotopic (exact) mass is 509 g/mol. The number of nitrogens with zero attached hydrogens (tertiary/aromatic N) is 2. The van der Waals surface area contributed by atoms with Crippen molar-refractivity contribution in [2.45, 2.75) is 25.1 Å². The zero-order valence-corrected chi connectivity index (χ0v) is 21.9. The number of fused-ring (bicyclic) bond motifs is 1. The summed E-state index contributed by atoms with van der Waals surface area (Å²) < 4.78 is 25.9. The molecule has 2 aromatic carbocycles. The third-order valence-electron chi connectivity index (χ3n) is 6.90. The number of hydrogen-bond donors (Lipinski definition) is 2. The average Bonchev–Trinajstić information content (AvgIpc) is 3.09. The van der Waals surface area contributed by atoms with Gasteiger partial charge in [-0.1, -0.05) is 18.2 Å². The van der Waals surface area contributed by atoms with E-state index in [0.717, 1.165) is 57.9 Å². The summed E-state index contributed by atoms with van der Waals surface area (Å²) in [6, 6.07) is 12.3. The molecular weight excluding hydrogens is 476 g/mol. The van der Waals surface area contributed by atoms with E-state index in [4.69, 9.17) is 0 Å². The van der Waals surface area contributed by atoms with Crippen LogP contribution < -0.4 is 5.23 Å². The van der Waals surface area contributed by atoms with Gasteiger partial charge in [-0.3, -0.25) is 13.9 Å². The van der Waals surface area contributed by atoms with Crippen molar-refractivity contribution in [3.63, 3.8) is 0 Å². The minimum absolute atomic E-state index is 0.0531. The molecule has 1 aliphatic heterocycles. The Kier molecular flexibility index (Phi) is 8.56. The maximum absolute atomic E-state index is 14.2. The largest absolute Gasteiger partial charge is 0.437 e. The van der Waals surface area contributed by atoms with Crippen molar-refractivity contribution in [2.75, 3.05) is 45.5 Å². The molecule has 6 nitrogen and oxygen atoms in total. The van der Waals surface area contributed by atoms with Crippen LogP contribution in [0.15, 0.2) is 52.9 Å². The Labute approximate surface area is 215 Å². The highest BCUT2D eigenvalue weighted by atomic mass is 32.2. The molecule has 4 rings (SSSR count). The summed E-state index contributed by atoms with van der Waals surface area (Å²) >= 11 is 0. The van der Waals surface area contributed by atoms with E-state index in [-0.39, 0.29) is 18.1 Å². The third kappa shape index (κ3) is 6.21. The smallest absolute Gasteiger partial charge is 0.373 e. The van der Waals surface area contributed by atoms with Crippen LogP contribution in [0.1, 0.15) is 30.0 Å². The van der Waals surface area contributed by atoms with Crippen LogP contribution >= 0.6 is 0 Å². The van der Waals surface area contributed by atoms with Gasteiger partial charge in [-0.25, -0.2) is 4.39 Å². The number of carbonyl (C=O) groups excluding carboxylic acids is 1. The maximum Gasteiger partial charge on any atom is 0.373 e. The molecule has 2 N–H and O–H groups in total. The van der Waals surface area contributed by atoms with Crippen LogP contribution in [0, 0.1) is 5.82 Å². The second-order valence-electron chi connectivity index (χ2n) is 9.40. The predicted molar refractivity (Wildman–Crippen MR) is 145 cm³/mol. The molecule has 0 radical (unpaired) electrons. The molecule has 0 spiro atoms. The number of allylic oxidation sites excluding steroid dienone is 2. The van der Waals surface area contributed by atoms with Gasteiger partial charge in [0, 0.05) is 54.7 Å². The highest BCUT2D eigenvalue weighted by molar-refractivity contribution is 7.84. The summed E-state index contributed by atoms with van der Waals surface area (Å²) in [5.74, 6) is -0.265. The number of nitrogens with one attached hydrogen (secondary N) is 1. The molecule has 1 aliphatic carbocycles. The van der Waals surface area contributed by atoms with Crippen LogP contribution in [0.4, 0.5) is 4.39 Å². The van der Waals surface area contributed by atoms with Gasteiger partial charge in [0.05, 0.1) is 6.42 Å². The molecule has 36 heavy (non-hydrogen) atoms. The van der Waals surface area contributed by atoms with Crippen LogP contribution in [0.2, 0.25) is 6.82 Å².